The highest BCUT2D eigenvalue weighted by Crippen LogP contribution is 2.34. The van der Waals surface area contributed by atoms with Gasteiger partial charge in [-0.3, -0.25) is 14.5 Å². The van der Waals surface area contributed by atoms with E-state index in [-0.39, 0.29) is 36.2 Å². The highest BCUT2D eigenvalue weighted by molar-refractivity contribution is 6.04. The molecule has 1 heterocycles. The Morgan fingerprint density at radius 2 is 1.65 bits per heavy atom. The molecule has 4 heteroatoms. The topological polar surface area (TPSA) is 57.6 Å². The molecule has 96 valence electrons. The van der Waals surface area contributed by atoms with E-state index in [4.69, 9.17) is 0 Å². The van der Waals surface area contributed by atoms with Gasteiger partial charge in [0.1, 0.15) is 0 Å². The van der Waals surface area contributed by atoms with Gasteiger partial charge in [0.25, 0.3) is 0 Å². The lowest BCUT2D eigenvalue weighted by molar-refractivity contribution is -0.140. The van der Waals surface area contributed by atoms with Gasteiger partial charge in [0, 0.05) is 25.0 Å². The number of amides is 2. The smallest absolute Gasteiger partial charge is 0.232 e. The van der Waals surface area contributed by atoms with E-state index in [1.165, 1.54) is 4.90 Å². The van der Waals surface area contributed by atoms with Crippen LogP contribution in [0.1, 0.15) is 33.1 Å². The summed E-state index contributed by atoms with van der Waals surface area (Å²) in [6.07, 6.45) is 3.13. The number of hydrogen-bond donors (Lipinski definition) is 1. The SMILES string of the molecule is CC1C(=O)N(CC2CCCC2CO)C(=O)C1C. The van der Waals surface area contributed by atoms with Crippen LogP contribution in [0.4, 0.5) is 0 Å². The molecule has 0 radical (unpaired) electrons. The van der Waals surface area contributed by atoms with Crippen LogP contribution in [0.3, 0.4) is 0 Å². The van der Waals surface area contributed by atoms with Gasteiger partial charge in [-0.25, -0.2) is 0 Å². The van der Waals surface area contributed by atoms with Crippen molar-refractivity contribution >= 4 is 11.8 Å². The van der Waals surface area contributed by atoms with E-state index in [1.54, 1.807) is 0 Å². The molecule has 2 fully saturated rings. The maximum Gasteiger partial charge on any atom is 0.232 e. The quantitative estimate of drug-likeness (QED) is 0.749. The molecule has 0 aromatic carbocycles. The van der Waals surface area contributed by atoms with Crippen LogP contribution >= 0.6 is 0 Å². The van der Waals surface area contributed by atoms with E-state index in [0.717, 1.165) is 19.3 Å². The van der Waals surface area contributed by atoms with E-state index in [2.05, 4.69) is 0 Å². The summed E-state index contributed by atoms with van der Waals surface area (Å²) in [6, 6.07) is 0. The molecule has 1 N–H and O–H groups in total. The molecular weight excluding hydrogens is 218 g/mol. The second-order valence-corrected chi connectivity index (χ2v) is 5.50. The first-order valence-corrected chi connectivity index (χ1v) is 6.52. The molecule has 0 aromatic rings. The summed E-state index contributed by atoms with van der Waals surface area (Å²) in [5.41, 5.74) is 0. The first-order valence-electron chi connectivity index (χ1n) is 6.52. The number of imide groups is 1. The molecule has 0 aromatic heterocycles. The van der Waals surface area contributed by atoms with Crippen molar-refractivity contribution in [3.63, 3.8) is 0 Å². The van der Waals surface area contributed by atoms with Gasteiger partial charge in [-0.15, -0.1) is 0 Å². The Morgan fingerprint density at radius 3 is 2.18 bits per heavy atom. The third kappa shape index (κ3) is 2.10. The van der Waals surface area contributed by atoms with E-state index >= 15 is 0 Å². The van der Waals surface area contributed by atoms with Crippen molar-refractivity contribution in [1.82, 2.24) is 4.90 Å². The molecule has 4 nitrogen and oxygen atoms in total. The lowest BCUT2D eigenvalue weighted by atomic mass is 9.96. The molecule has 17 heavy (non-hydrogen) atoms. The van der Waals surface area contributed by atoms with Crippen molar-refractivity contribution in [3.8, 4) is 0 Å². The van der Waals surface area contributed by atoms with Crippen LogP contribution in [-0.4, -0.2) is 35.0 Å². The van der Waals surface area contributed by atoms with Gasteiger partial charge in [-0.05, 0) is 24.7 Å². The summed E-state index contributed by atoms with van der Waals surface area (Å²) in [6.45, 7) is 4.33. The minimum absolute atomic E-state index is 0.0360. The van der Waals surface area contributed by atoms with Crippen LogP contribution in [0.15, 0.2) is 0 Å². The number of nitrogens with zero attached hydrogens (tertiary/aromatic N) is 1. The molecule has 4 unspecified atom stereocenters. The van der Waals surface area contributed by atoms with Gasteiger partial charge in [0.2, 0.25) is 11.8 Å². The van der Waals surface area contributed by atoms with E-state index in [1.807, 2.05) is 13.8 Å². The van der Waals surface area contributed by atoms with Gasteiger partial charge >= 0.3 is 0 Å². The van der Waals surface area contributed by atoms with E-state index in [0.29, 0.717) is 12.5 Å². The third-order valence-corrected chi connectivity index (χ3v) is 4.53. The molecule has 1 aliphatic carbocycles. The fraction of sp³-hybridized carbons (Fsp3) is 0.846. The monoisotopic (exact) mass is 239 g/mol. The van der Waals surface area contributed by atoms with Crippen LogP contribution < -0.4 is 0 Å². The number of rotatable bonds is 3. The van der Waals surface area contributed by atoms with Gasteiger partial charge in [-0.1, -0.05) is 20.3 Å². The third-order valence-electron chi connectivity index (χ3n) is 4.53. The molecule has 4 atom stereocenters. The maximum absolute atomic E-state index is 12.0. The van der Waals surface area contributed by atoms with Crippen LogP contribution in [-0.2, 0) is 9.59 Å². The number of aliphatic hydroxyl groups excluding tert-OH is 1. The minimum Gasteiger partial charge on any atom is -0.396 e. The Labute approximate surface area is 102 Å². The number of likely N-dealkylation sites (tertiary alicyclic amines) is 1. The summed E-state index contributed by atoms with van der Waals surface area (Å²) in [7, 11) is 0. The van der Waals surface area contributed by atoms with Crippen LogP contribution in [0.2, 0.25) is 0 Å². The Kier molecular flexibility index (Phi) is 3.52. The second kappa shape index (κ2) is 4.77. The standard InChI is InChI=1S/C13H21NO3/c1-8-9(2)13(17)14(12(8)16)6-10-4-3-5-11(10)7-15/h8-11,15H,3-7H2,1-2H3. The van der Waals surface area contributed by atoms with Gasteiger partial charge in [0.05, 0.1) is 0 Å². The normalized spacial score (nSPS) is 38.2. The Balaban J connectivity index is 2.04. The summed E-state index contributed by atoms with van der Waals surface area (Å²) in [4.78, 5) is 25.3. The molecule has 2 aliphatic rings. The fourth-order valence-electron chi connectivity index (χ4n) is 3.04. The van der Waals surface area contributed by atoms with Gasteiger partial charge in [-0.2, -0.15) is 0 Å². The second-order valence-electron chi connectivity index (χ2n) is 5.50. The average molecular weight is 239 g/mol. The minimum atomic E-state index is -0.184. The first-order chi connectivity index (χ1) is 8.06. The fourth-order valence-corrected chi connectivity index (χ4v) is 3.04. The largest absolute Gasteiger partial charge is 0.396 e. The molecule has 2 amide bonds. The Morgan fingerprint density at radius 1 is 1.12 bits per heavy atom. The van der Waals surface area contributed by atoms with Crippen molar-refractivity contribution < 1.29 is 14.7 Å². The van der Waals surface area contributed by atoms with Gasteiger partial charge < -0.3 is 5.11 Å². The van der Waals surface area contributed by atoms with Crippen LogP contribution in [0.5, 0.6) is 0 Å². The molecule has 1 saturated carbocycles. The molecule has 1 saturated heterocycles. The predicted molar refractivity (Wildman–Crippen MR) is 63.0 cm³/mol. The van der Waals surface area contributed by atoms with Crippen molar-refractivity contribution in [3.05, 3.63) is 0 Å². The van der Waals surface area contributed by atoms with Crippen LogP contribution in [0.25, 0.3) is 0 Å². The molecule has 0 spiro atoms. The molecule has 1 aliphatic heterocycles. The van der Waals surface area contributed by atoms with Crippen molar-refractivity contribution in [2.24, 2.45) is 23.7 Å². The number of carbonyl (C=O) groups is 2. The predicted octanol–water partition coefficient (Wildman–Crippen LogP) is 1.04. The van der Waals surface area contributed by atoms with Crippen molar-refractivity contribution in [1.29, 1.82) is 0 Å². The average Bonchev–Trinajstić information content (AvgIpc) is 2.85. The Bertz CT molecular complexity index is 309. The maximum atomic E-state index is 12.0. The lowest BCUT2D eigenvalue weighted by Crippen LogP contribution is -2.37. The number of carbonyl (C=O) groups excluding carboxylic acids is 2. The molecule has 0 bridgehead atoms. The van der Waals surface area contributed by atoms with E-state index < -0.39 is 0 Å². The van der Waals surface area contributed by atoms with Crippen LogP contribution in [0, 0.1) is 23.7 Å². The highest BCUT2D eigenvalue weighted by Gasteiger charge is 2.43. The molecule has 2 rings (SSSR count). The zero-order chi connectivity index (χ0) is 12.6. The summed E-state index contributed by atoms with van der Waals surface area (Å²) < 4.78 is 0. The van der Waals surface area contributed by atoms with Crippen molar-refractivity contribution in [2.45, 2.75) is 33.1 Å². The summed E-state index contributed by atoms with van der Waals surface area (Å²) >= 11 is 0. The highest BCUT2D eigenvalue weighted by atomic mass is 16.3. The number of aliphatic hydroxyl groups is 1. The Hall–Kier alpha value is -0.900. The summed E-state index contributed by atoms with van der Waals surface area (Å²) in [5, 5.41) is 9.26. The first kappa shape index (κ1) is 12.6. The zero-order valence-corrected chi connectivity index (χ0v) is 10.6. The van der Waals surface area contributed by atoms with E-state index in [9.17, 15) is 14.7 Å². The summed E-state index contributed by atoms with van der Waals surface area (Å²) in [5.74, 6) is 0.123. The number of hydrogen-bond acceptors (Lipinski definition) is 3. The molecular formula is C13H21NO3. The zero-order valence-electron chi connectivity index (χ0n) is 10.6. The van der Waals surface area contributed by atoms with Gasteiger partial charge in [0.15, 0.2) is 0 Å². The van der Waals surface area contributed by atoms with Crippen molar-refractivity contribution in [2.75, 3.05) is 13.2 Å². The lowest BCUT2D eigenvalue weighted by Gasteiger charge is -2.23.